The minimum Gasteiger partial charge on any atom is -0.467 e. The van der Waals surface area contributed by atoms with Gasteiger partial charge in [0.05, 0.1) is 6.61 Å². The van der Waals surface area contributed by atoms with E-state index in [0.29, 0.717) is 13.0 Å². The summed E-state index contributed by atoms with van der Waals surface area (Å²) in [7, 11) is 1.62. The summed E-state index contributed by atoms with van der Waals surface area (Å²) >= 11 is 0. The van der Waals surface area contributed by atoms with Crippen LogP contribution in [0.3, 0.4) is 0 Å². The first-order chi connectivity index (χ1) is 6.68. The SMILES string of the molecule is COCCCCCCOC(F)=C(F)F. The second kappa shape index (κ2) is 8.87. The molecule has 0 aliphatic rings. The fourth-order valence-corrected chi connectivity index (χ4v) is 0.918. The van der Waals surface area contributed by atoms with Crippen molar-refractivity contribution in [3.05, 3.63) is 12.1 Å². The maximum atomic E-state index is 12.0. The molecule has 0 rings (SSSR count). The van der Waals surface area contributed by atoms with Crippen LogP contribution in [0.1, 0.15) is 25.7 Å². The Morgan fingerprint density at radius 1 is 0.929 bits per heavy atom. The number of methoxy groups -OCH3 is 1. The van der Waals surface area contributed by atoms with Crippen LogP contribution in [0.15, 0.2) is 12.1 Å². The molecule has 0 aromatic carbocycles. The van der Waals surface area contributed by atoms with E-state index >= 15 is 0 Å². The third-order valence-electron chi connectivity index (χ3n) is 1.62. The second-order valence-corrected chi connectivity index (χ2v) is 2.79. The van der Waals surface area contributed by atoms with Crippen molar-refractivity contribution >= 4 is 0 Å². The van der Waals surface area contributed by atoms with E-state index in [2.05, 4.69) is 4.74 Å². The van der Waals surface area contributed by atoms with Gasteiger partial charge in [-0.1, -0.05) is 6.42 Å². The highest BCUT2D eigenvalue weighted by molar-refractivity contribution is 4.80. The molecule has 0 spiro atoms. The van der Waals surface area contributed by atoms with Crippen LogP contribution in [0.25, 0.3) is 0 Å². The van der Waals surface area contributed by atoms with Gasteiger partial charge >= 0.3 is 12.1 Å². The average Bonchev–Trinajstić information content (AvgIpc) is 2.16. The molecule has 0 bridgehead atoms. The van der Waals surface area contributed by atoms with Crippen LogP contribution in [0.5, 0.6) is 0 Å². The Hall–Kier alpha value is -0.710. The van der Waals surface area contributed by atoms with Gasteiger partial charge in [0, 0.05) is 13.7 Å². The highest BCUT2D eigenvalue weighted by Crippen LogP contribution is 2.11. The first-order valence-corrected chi connectivity index (χ1v) is 4.51. The van der Waals surface area contributed by atoms with Crippen molar-refractivity contribution in [1.29, 1.82) is 0 Å². The Labute approximate surface area is 81.7 Å². The van der Waals surface area contributed by atoms with Gasteiger partial charge in [-0.3, -0.25) is 0 Å². The lowest BCUT2D eigenvalue weighted by Crippen LogP contribution is -1.94. The van der Waals surface area contributed by atoms with Gasteiger partial charge in [0.25, 0.3) is 0 Å². The van der Waals surface area contributed by atoms with Gasteiger partial charge in [0.2, 0.25) is 0 Å². The quantitative estimate of drug-likeness (QED) is 0.454. The summed E-state index contributed by atoms with van der Waals surface area (Å²) in [5.74, 6) is 0. The lowest BCUT2D eigenvalue weighted by atomic mass is 10.2. The standard InChI is InChI=1S/C9H15F3O2/c1-13-6-4-2-3-5-7-14-9(12)8(10)11/h2-7H2,1H3. The van der Waals surface area contributed by atoms with Crippen LogP contribution < -0.4 is 0 Å². The molecule has 0 N–H and O–H groups in total. The molecule has 0 amide bonds. The Kier molecular flexibility index (Phi) is 8.42. The van der Waals surface area contributed by atoms with Gasteiger partial charge in [-0.25, -0.2) is 0 Å². The Morgan fingerprint density at radius 2 is 1.50 bits per heavy atom. The molecule has 0 atom stereocenters. The maximum absolute atomic E-state index is 12.0. The largest absolute Gasteiger partial charge is 0.467 e. The molecule has 0 saturated heterocycles. The highest BCUT2D eigenvalue weighted by atomic mass is 19.3. The molecule has 0 radical (unpaired) electrons. The van der Waals surface area contributed by atoms with Crippen molar-refractivity contribution in [2.45, 2.75) is 25.7 Å². The molecule has 0 saturated carbocycles. The average molecular weight is 212 g/mol. The number of rotatable bonds is 8. The van der Waals surface area contributed by atoms with E-state index in [4.69, 9.17) is 4.74 Å². The zero-order valence-electron chi connectivity index (χ0n) is 8.19. The van der Waals surface area contributed by atoms with E-state index in [9.17, 15) is 13.2 Å². The summed E-state index contributed by atoms with van der Waals surface area (Å²) in [5.41, 5.74) is 0. The number of hydrogen-bond donors (Lipinski definition) is 0. The minimum atomic E-state index is -2.40. The van der Waals surface area contributed by atoms with E-state index < -0.39 is 12.1 Å². The van der Waals surface area contributed by atoms with Crippen molar-refractivity contribution < 1.29 is 22.6 Å². The third kappa shape index (κ3) is 7.91. The predicted octanol–water partition coefficient (Wildman–Crippen LogP) is 3.24. The number of hydrogen-bond acceptors (Lipinski definition) is 2. The van der Waals surface area contributed by atoms with Crippen LogP contribution >= 0.6 is 0 Å². The molecule has 2 nitrogen and oxygen atoms in total. The zero-order valence-corrected chi connectivity index (χ0v) is 8.19. The third-order valence-corrected chi connectivity index (χ3v) is 1.62. The molecule has 0 fully saturated rings. The van der Waals surface area contributed by atoms with E-state index in [0.717, 1.165) is 19.3 Å². The van der Waals surface area contributed by atoms with Crippen LogP contribution in [0.4, 0.5) is 13.2 Å². The van der Waals surface area contributed by atoms with E-state index in [1.807, 2.05) is 0 Å². The molecule has 14 heavy (non-hydrogen) atoms. The normalized spacial score (nSPS) is 10.0. The first-order valence-electron chi connectivity index (χ1n) is 4.51. The summed E-state index contributed by atoms with van der Waals surface area (Å²) in [6, 6.07) is -1.76. The summed E-state index contributed by atoms with van der Waals surface area (Å²) < 4.78 is 43.9. The van der Waals surface area contributed by atoms with Crippen molar-refractivity contribution in [1.82, 2.24) is 0 Å². The number of unbranched alkanes of at least 4 members (excludes halogenated alkanes) is 3. The maximum Gasteiger partial charge on any atom is 0.342 e. The van der Waals surface area contributed by atoms with Crippen molar-refractivity contribution in [2.75, 3.05) is 20.3 Å². The predicted molar refractivity (Wildman–Crippen MR) is 46.6 cm³/mol. The Morgan fingerprint density at radius 3 is 2.00 bits per heavy atom. The molecule has 0 aliphatic carbocycles. The monoisotopic (exact) mass is 212 g/mol. The molecule has 84 valence electrons. The van der Waals surface area contributed by atoms with Crippen molar-refractivity contribution in [2.24, 2.45) is 0 Å². The van der Waals surface area contributed by atoms with E-state index in [1.165, 1.54) is 0 Å². The number of halogens is 3. The molecule has 5 heteroatoms. The number of ether oxygens (including phenoxy) is 2. The Bertz CT molecular complexity index is 167. The lowest BCUT2D eigenvalue weighted by molar-refractivity contribution is 0.115. The van der Waals surface area contributed by atoms with E-state index in [1.54, 1.807) is 7.11 Å². The van der Waals surface area contributed by atoms with Gasteiger partial charge in [-0.15, -0.1) is 0 Å². The smallest absolute Gasteiger partial charge is 0.342 e. The zero-order chi connectivity index (χ0) is 10.8. The van der Waals surface area contributed by atoms with E-state index in [-0.39, 0.29) is 6.61 Å². The fourth-order valence-electron chi connectivity index (χ4n) is 0.918. The lowest BCUT2D eigenvalue weighted by Gasteiger charge is -2.02. The molecule has 0 heterocycles. The topological polar surface area (TPSA) is 18.5 Å². The molecule has 0 aliphatic heterocycles. The molecular weight excluding hydrogens is 197 g/mol. The van der Waals surface area contributed by atoms with Crippen molar-refractivity contribution in [3.8, 4) is 0 Å². The van der Waals surface area contributed by atoms with Crippen molar-refractivity contribution in [3.63, 3.8) is 0 Å². The molecule has 0 aromatic rings. The molecular formula is C9H15F3O2. The minimum absolute atomic E-state index is 0.00381. The summed E-state index contributed by atoms with van der Waals surface area (Å²) in [6.45, 7) is 0.685. The summed E-state index contributed by atoms with van der Waals surface area (Å²) in [6.07, 6.45) is 0.853. The first kappa shape index (κ1) is 13.3. The second-order valence-electron chi connectivity index (χ2n) is 2.79. The van der Waals surface area contributed by atoms with Gasteiger partial charge in [0.1, 0.15) is 0 Å². The molecule has 0 unspecified atom stereocenters. The van der Waals surface area contributed by atoms with Gasteiger partial charge < -0.3 is 9.47 Å². The summed E-state index contributed by atoms with van der Waals surface area (Å²) in [5, 5.41) is 0. The van der Waals surface area contributed by atoms with Gasteiger partial charge in [-0.2, -0.15) is 13.2 Å². The van der Waals surface area contributed by atoms with Crippen LogP contribution in [-0.2, 0) is 9.47 Å². The van der Waals surface area contributed by atoms with Gasteiger partial charge in [-0.05, 0) is 19.3 Å². The van der Waals surface area contributed by atoms with Crippen LogP contribution in [-0.4, -0.2) is 20.3 Å². The summed E-state index contributed by atoms with van der Waals surface area (Å²) in [4.78, 5) is 0. The van der Waals surface area contributed by atoms with Crippen LogP contribution in [0, 0.1) is 0 Å². The fraction of sp³-hybridized carbons (Fsp3) is 0.778. The van der Waals surface area contributed by atoms with Crippen LogP contribution in [0.2, 0.25) is 0 Å². The van der Waals surface area contributed by atoms with Gasteiger partial charge in [0.15, 0.2) is 0 Å². The molecule has 0 aromatic heterocycles. The Balaban J connectivity index is 3.18. The highest BCUT2D eigenvalue weighted by Gasteiger charge is 2.04.